The summed E-state index contributed by atoms with van der Waals surface area (Å²) in [4.78, 5) is 47.5. The normalized spacial score (nSPS) is 16.2. The van der Waals surface area contributed by atoms with E-state index < -0.39 is 0 Å². The summed E-state index contributed by atoms with van der Waals surface area (Å²) in [6, 6.07) is 5.35. The number of thiophene rings is 1. The van der Waals surface area contributed by atoms with E-state index in [4.69, 9.17) is 9.47 Å². The Morgan fingerprint density at radius 3 is 2.69 bits per heavy atom. The predicted molar refractivity (Wildman–Crippen MR) is 120 cm³/mol. The number of amides is 2. The number of rotatable bonds is 3. The Morgan fingerprint density at radius 2 is 1.94 bits per heavy atom. The first-order valence-electron chi connectivity index (χ1n) is 10.5. The molecular formula is C22H22N4O5S. The molecule has 0 aliphatic carbocycles. The lowest BCUT2D eigenvalue weighted by Crippen LogP contribution is -2.41. The average Bonchev–Trinajstić information content (AvgIpc) is 3.16. The van der Waals surface area contributed by atoms with Gasteiger partial charge in [-0.3, -0.25) is 14.4 Å². The first kappa shape index (κ1) is 20.5. The fourth-order valence-electron chi connectivity index (χ4n) is 4.14. The summed E-state index contributed by atoms with van der Waals surface area (Å²) < 4.78 is 11.1. The molecule has 5 rings (SSSR count). The third kappa shape index (κ3) is 3.70. The molecule has 0 atom stereocenters. The quantitative estimate of drug-likeness (QED) is 0.629. The van der Waals surface area contributed by atoms with E-state index in [2.05, 4.69) is 15.3 Å². The Kier molecular flexibility index (Phi) is 5.30. The van der Waals surface area contributed by atoms with E-state index in [1.807, 2.05) is 0 Å². The molecule has 2 N–H and O–H groups in total. The number of nitrogens with zero attached hydrogens (tertiary/aromatic N) is 2. The smallest absolute Gasteiger partial charge is 0.264 e. The van der Waals surface area contributed by atoms with Crippen LogP contribution in [0.3, 0.4) is 0 Å². The maximum Gasteiger partial charge on any atom is 0.264 e. The molecule has 2 aromatic heterocycles. The number of aromatic nitrogens is 2. The standard InChI is InChI=1S/C22H22N4O5S/c1-12-17-20(28)23-11-24-21(17)32-18(12)22(29)26-6-4-13(5-7-26)19(27)25-14-2-3-15-16(10-14)31-9-8-30-15/h2-3,10-11,13H,4-9H2,1H3,(H,25,27)(H,23,24,28). The minimum absolute atomic E-state index is 0.0671. The van der Waals surface area contributed by atoms with Gasteiger partial charge in [0.15, 0.2) is 11.5 Å². The van der Waals surface area contributed by atoms with Crippen LogP contribution in [0.5, 0.6) is 11.5 Å². The topological polar surface area (TPSA) is 114 Å². The highest BCUT2D eigenvalue weighted by Crippen LogP contribution is 2.33. The fraction of sp³-hybridized carbons (Fsp3) is 0.364. The Hall–Kier alpha value is -3.40. The number of hydrogen-bond donors (Lipinski definition) is 2. The summed E-state index contributed by atoms with van der Waals surface area (Å²) >= 11 is 1.24. The Morgan fingerprint density at radius 1 is 1.19 bits per heavy atom. The second-order valence-corrected chi connectivity index (χ2v) is 8.88. The van der Waals surface area contributed by atoms with Crippen molar-refractivity contribution in [3.05, 3.63) is 45.3 Å². The van der Waals surface area contributed by atoms with Crippen LogP contribution in [0.4, 0.5) is 5.69 Å². The van der Waals surface area contributed by atoms with Crippen LogP contribution in [0.1, 0.15) is 28.1 Å². The molecule has 2 amide bonds. The third-order valence-corrected chi connectivity index (χ3v) is 7.08. The van der Waals surface area contributed by atoms with E-state index in [-0.39, 0.29) is 23.3 Å². The van der Waals surface area contributed by atoms with Crippen LogP contribution in [0.25, 0.3) is 10.2 Å². The van der Waals surface area contributed by atoms with E-state index in [0.29, 0.717) is 77.0 Å². The third-order valence-electron chi connectivity index (χ3n) is 5.89. The largest absolute Gasteiger partial charge is 0.486 e. The highest BCUT2D eigenvalue weighted by atomic mass is 32.1. The summed E-state index contributed by atoms with van der Waals surface area (Å²) in [5.74, 6) is 0.940. The van der Waals surface area contributed by atoms with Gasteiger partial charge in [0.25, 0.3) is 11.5 Å². The highest BCUT2D eigenvalue weighted by Gasteiger charge is 2.30. The SMILES string of the molecule is Cc1c(C(=O)N2CCC(C(=O)Nc3ccc4c(c3)OCCO4)CC2)sc2nc[nH]c(=O)c12. The van der Waals surface area contributed by atoms with Crippen molar-refractivity contribution in [2.24, 2.45) is 5.92 Å². The van der Waals surface area contributed by atoms with Crippen LogP contribution in [0.15, 0.2) is 29.3 Å². The zero-order valence-electron chi connectivity index (χ0n) is 17.5. The number of likely N-dealkylation sites (tertiary alicyclic amines) is 1. The molecule has 32 heavy (non-hydrogen) atoms. The molecule has 2 aliphatic heterocycles. The molecule has 1 saturated heterocycles. The number of hydrogen-bond acceptors (Lipinski definition) is 7. The summed E-state index contributed by atoms with van der Waals surface area (Å²) in [7, 11) is 0. The van der Waals surface area contributed by atoms with Crippen LogP contribution in [0, 0.1) is 12.8 Å². The number of piperidine rings is 1. The molecule has 1 aromatic carbocycles. The number of carbonyl (C=O) groups excluding carboxylic acids is 2. The number of fused-ring (bicyclic) bond motifs is 2. The predicted octanol–water partition coefficient (Wildman–Crippen LogP) is 2.56. The molecule has 0 unspecified atom stereocenters. The number of carbonyl (C=O) groups is 2. The first-order valence-corrected chi connectivity index (χ1v) is 11.3. The Labute approximate surface area is 187 Å². The van der Waals surface area contributed by atoms with Gasteiger partial charge in [-0.25, -0.2) is 4.98 Å². The van der Waals surface area contributed by atoms with Gasteiger partial charge in [-0.15, -0.1) is 11.3 Å². The van der Waals surface area contributed by atoms with E-state index >= 15 is 0 Å². The van der Waals surface area contributed by atoms with Crippen LogP contribution in [-0.4, -0.2) is 53.0 Å². The number of benzene rings is 1. The molecule has 0 radical (unpaired) electrons. The van der Waals surface area contributed by atoms with Gasteiger partial charge in [0.2, 0.25) is 5.91 Å². The number of aryl methyl sites for hydroxylation is 1. The number of nitrogens with one attached hydrogen (secondary N) is 2. The fourth-order valence-corrected chi connectivity index (χ4v) is 5.25. The van der Waals surface area contributed by atoms with Crippen LogP contribution >= 0.6 is 11.3 Å². The van der Waals surface area contributed by atoms with Gasteiger partial charge in [0.1, 0.15) is 18.0 Å². The number of H-pyrrole nitrogens is 1. The van der Waals surface area contributed by atoms with Crippen molar-refractivity contribution >= 4 is 39.1 Å². The van der Waals surface area contributed by atoms with Crippen molar-refractivity contribution in [2.75, 3.05) is 31.6 Å². The first-order chi connectivity index (χ1) is 15.5. The molecule has 9 nitrogen and oxygen atoms in total. The monoisotopic (exact) mass is 454 g/mol. The lowest BCUT2D eigenvalue weighted by molar-refractivity contribution is -0.121. The summed E-state index contributed by atoms with van der Waals surface area (Å²) in [5, 5.41) is 3.42. The van der Waals surface area contributed by atoms with Gasteiger partial charge in [-0.2, -0.15) is 0 Å². The molecular weight excluding hydrogens is 432 g/mol. The Balaban J connectivity index is 1.23. The minimum atomic E-state index is -0.239. The average molecular weight is 455 g/mol. The van der Waals surface area contributed by atoms with Crippen molar-refractivity contribution in [3.8, 4) is 11.5 Å². The molecule has 0 bridgehead atoms. The number of aromatic amines is 1. The Bertz CT molecular complexity index is 1260. The molecule has 1 fully saturated rings. The van der Waals surface area contributed by atoms with Gasteiger partial charge in [-0.1, -0.05) is 0 Å². The second-order valence-electron chi connectivity index (χ2n) is 7.88. The van der Waals surface area contributed by atoms with Crippen molar-refractivity contribution in [1.82, 2.24) is 14.9 Å². The number of anilines is 1. The molecule has 4 heterocycles. The minimum Gasteiger partial charge on any atom is -0.486 e. The molecule has 2 aliphatic rings. The zero-order valence-corrected chi connectivity index (χ0v) is 18.3. The molecule has 10 heteroatoms. The van der Waals surface area contributed by atoms with Crippen molar-refractivity contribution in [2.45, 2.75) is 19.8 Å². The van der Waals surface area contributed by atoms with Crippen LogP contribution < -0.4 is 20.3 Å². The van der Waals surface area contributed by atoms with Crippen molar-refractivity contribution in [1.29, 1.82) is 0 Å². The summed E-state index contributed by atoms with van der Waals surface area (Å²) in [5.41, 5.74) is 1.08. The zero-order chi connectivity index (χ0) is 22.2. The molecule has 166 valence electrons. The van der Waals surface area contributed by atoms with Gasteiger partial charge in [-0.05, 0) is 37.5 Å². The van der Waals surface area contributed by atoms with Crippen molar-refractivity contribution < 1.29 is 19.1 Å². The van der Waals surface area contributed by atoms with E-state index in [0.717, 1.165) is 0 Å². The maximum absolute atomic E-state index is 13.1. The van der Waals surface area contributed by atoms with E-state index in [9.17, 15) is 14.4 Å². The van der Waals surface area contributed by atoms with Crippen LogP contribution in [0.2, 0.25) is 0 Å². The van der Waals surface area contributed by atoms with Crippen LogP contribution in [-0.2, 0) is 4.79 Å². The van der Waals surface area contributed by atoms with Gasteiger partial charge in [0, 0.05) is 30.8 Å². The molecule has 3 aromatic rings. The second kappa shape index (κ2) is 8.27. The highest BCUT2D eigenvalue weighted by molar-refractivity contribution is 7.20. The summed E-state index contributed by atoms with van der Waals surface area (Å²) in [6.07, 6.45) is 2.50. The number of ether oxygens (including phenoxy) is 2. The van der Waals surface area contributed by atoms with Gasteiger partial charge < -0.3 is 24.7 Å². The van der Waals surface area contributed by atoms with E-state index in [1.54, 1.807) is 30.0 Å². The summed E-state index contributed by atoms with van der Waals surface area (Å²) in [6.45, 7) is 3.74. The maximum atomic E-state index is 13.1. The lowest BCUT2D eigenvalue weighted by atomic mass is 9.95. The van der Waals surface area contributed by atoms with Gasteiger partial charge >= 0.3 is 0 Å². The molecule has 0 spiro atoms. The van der Waals surface area contributed by atoms with Gasteiger partial charge in [0.05, 0.1) is 16.6 Å². The molecule has 0 saturated carbocycles. The van der Waals surface area contributed by atoms with E-state index in [1.165, 1.54) is 17.7 Å². The van der Waals surface area contributed by atoms with Crippen molar-refractivity contribution in [3.63, 3.8) is 0 Å². The lowest BCUT2D eigenvalue weighted by Gasteiger charge is -2.31.